The number of hydrogen-bond acceptors (Lipinski definition) is 4. The summed E-state index contributed by atoms with van der Waals surface area (Å²) < 4.78 is 24.5. The van der Waals surface area contributed by atoms with Crippen molar-refractivity contribution in [2.24, 2.45) is 5.92 Å². The summed E-state index contributed by atoms with van der Waals surface area (Å²) in [5, 5.41) is 1.08. The minimum absolute atomic E-state index is 0.274. The van der Waals surface area contributed by atoms with Crippen molar-refractivity contribution < 1.29 is 8.42 Å². The van der Waals surface area contributed by atoms with E-state index in [4.69, 9.17) is 0 Å². The molecule has 1 aliphatic rings. The van der Waals surface area contributed by atoms with Crippen molar-refractivity contribution in [3.05, 3.63) is 28.8 Å². The lowest BCUT2D eigenvalue weighted by atomic mass is 9.96. The van der Waals surface area contributed by atoms with Gasteiger partial charge in [0.25, 0.3) is 0 Å². The lowest BCUT2D eigenvalue weighted by molar-refractivity contribution is 0.484. The molecule has 0 N–H and O–H groups in total. The van der Waals surface area contributed by atoms with Crippen LogP contribution in [0.25, 0.3) is 10.2 Å². The summed E-state index contributed by atoms with van der Waals surface area (Å²) in [6, 6.07) is 6.33. The first-order valence-corrected chi connectivity index (χ1v) is 9.22. The van der Waals surface area contributed by atoms with E-state index in [2.05, 4.69) is 23.2 Å². The van der Waals surface area contributed by atoms with E-state index in [1.165, 1.54) is 10.3 Å². The van der Waals surface area contributed by atoms with Crippen molar-refractivity contribution in [1.82, 2.24) is 4.98 Å². The molecule has 2 heterocycles. The van der Waals surface area contributed by atoms with E-state index in [-0.39, 0.29) is 5.92 Å². The first-order chi connectivity index (χ1) is 9.02. The minimum Gasteiger partial charge on any atom is -0.242 e. The fourth-order valence-corrected chi connectivity index (χ4v) is 5.41. The SMILES string of the molecule is Cc1nc2cc(C[C@H]3CCCS(=O)(=O)C3)ccc2s1. The third kappa shape index (κ3) is 2.98. The Kier molecular flexibility index (Phi) is 3.35. The Balaban J connectivity index is 1.81. The fraction of sp³-hybridized carbons (Fsp3) is 0.500. The second-order valence-corrected chi connectivity index (χ2v) is 8.83. The van der Waals surface area contributed by atoms with Gasteiger partial charge in [-0.2, -0.15) is 0 Å². The fourth-order valence-electron chi connectivity index (χ4n) is 2.83. The Morgan fingerprint density at radius 1 is 1.42 bits per heavy atom. The first-order valence-electron chi connectivity index (χ1n) is 6.58. The zero-order valence-electron chi connectivity index (χ0n) is 10.9. The molecule has 0 saturated carbocycles. The Bertz CT molecular complexity index is 703. The van der Waals surface area contributed by atoms with Gasteiger partial charge >= 0.3 is 0 Å². The molecular formula is C14H17NO2S2. The van der Waals surface area contributed by atoms with E-state index in [0.717, 1.165) is 29.8 Å². The first kappa shape index (κ1) is 13.1. The van der Waals surface area contributed by atoms with Crippen LogP contribution in [-0.4, -0.2) is 24.9 Å². The number of nitrogens with zero attached hydrogens (tertiary/aromatic N) is 1. The van der Waals surface area contributed by atoms with Crippen LogP contribution in [0.4, 0.5) is 0 Å². The molecule has 1 fully saturated rings. The van der Waals surface area contributed by atoms with Crippen LogP contribution in [-0.2, 0) is 16.3 Å². The minimum atomic E-state index is -2.80. The Hall–Kier alpha value is -0.940. The Morgan fingerprint density at radius 3 is 3.05 bits per heavy atom. The zero-order valence-corrected chi connectivity index (χ0v) is 12.6. The lowest BCUT2D eigenvalue weighted by Gasteiger charge is -2.21. The second kappa shape index (κ2) is 4.87. The van der Waals surface area contributed by atoms with Gasteiger partial charge in [0.2, 0.25) is 0 Å². The van der Waals surface area contributed by atoms with Gasteiger partial charge in [0.1, 0.15) is 0 Å². The molecule has 1 aromatic carbocycles. The molecule has 1 aromatic heterocycles. The highest BCUT2D eigenvalue weighted by molar-refractivity contribution is 7.91. The highest BCUT2D eigenvalue weighted by atomic mass is 32.2. The highest BCUT2D eigenvalue weighted by Gasteiger charge is 2.24. The van der Waals surface area contributed by atoms with Gasteiger partial charge in [-0.3, -0.25) is 0 Å². The van der Waals surface area contributed by atoms with E-state index in [1.54, 1.807) is 11.3 Å². The summed E-state index contributed by atoms with van der Waals surface area (Å²) >= 11 is 1.70. The number of fused-ring (bicyclic) bond motifs is 1. The van der Waals surface area contributed by atoms with Gasteiger partial charge in [0.15, 0.2) is 9.84 Å². The van der Waals surface area contributed by atoms with Gasteiger partial charge in [0, 0.05) is 0 Å². The maximum atomic E-state index is 11.7. The van der Waals surface area contributed by atoms with E-state index >= 15 is 0 Å². The van der Waals surface area contributed by atoms with Gasteiger partial charge < -0.3 is 0 Å². The molecule has 0 amide bonds. The van der Waals surface area contributed by atoms with Crippen LogP contribution < -0.4 is 0 Å². The summed E-state index contributed by atoms with van der Waals surface area (Å²) in [5.74, 6) is 0.991. The van der Waals surface area contributed by atoms with Gasteiger partial charge in [-0.25, -0.2) is 13.4 Å². The van der Waals surface area contributed by atoms with Crippen molar-refractivity contribution >= 4 is 31.4 Å². The number of aryl methyl sites for hydroxylation is 1. The standard InChI is InChI=1S/C14H17NO2S2/c1-10-15-13-8-11(4-5-14(13)18-10)7-12-3-2-6-19(16,17)9-12/h4-5,8,12H,2-3,6-7,9H2,1H3/t12-/m1/s1. The van der Waals surface area contributed by atoms with Crippen LogP contribution in [0.3, 0.4) is 0 Å². The highest BCUT2D eigenvalue weighted by Crippen LogP contribution is 2.26. The Morgan fingerprint density at radius 2 is 2.26 bits per heavy atom. The van der Waals surface area contributed by atoms with Crippen LogP contribution in [0, 0.1) is 12.8 Å². The number of rotatable bonds is 2. The topological polar surface area (TPSA) is 47.0 Å². The maximum Gasteiger partial charge on any atom is 0.150 e. The Labute approximate surface area is 117 Å². The van der Waals surface area contributed by atoms with Gasteiger partial charge in [-0.1, -0.05) is 6.07 Å². The molecular weight excluding hydrogens is 278 g/mol. The van der Waals surface area contributed by atoms with Gasteiger partial charge in [-0.05, 0) is 49.8 Å². The normalized spacial score (nSPS) is 22.7. The number of sulfone groups is 1. The van der Waals surface area contributed by atoms with Crippen LogP contribution in [0.15, 0.2) is 18.2 Å². The van der Waals surface area contributed by atoms with Crippen molar-refractivity contribution in [2.75, 3.05) is 11.5 Å². The van der Waals surface area contributed by atoms with Crippen LogP contribution in [0.5, 0.6) is 0 Å². The molecule has 1 saturated heterocycles. The molecule has 0 unspecified atom stereocenters. The molecule has 2 aromatic rings. The number of benzene rings is 1. The second-order valence-electron chi connectivity index (χ2n) is 5.36. The summed E-state index contributed by atoms with van der Waals surface area (Å²) in [6.07, 6.45) is 2.68. The third-order valence-corrected chi connectivity index (χ3v) is 6.48. The summed E-state index contributed by atoms with van der Waals surface area (Å²) in [4.78, 5) is 4.50. The molecule has 0 spiro atoms. The molecule has 3 rings (SSSR count). The summed E-state index contributed by atoms with van der Waals surface area (Å²) in [5.41, 5.74) is 2.25. The molecule has 0 radical (unpaired) electrons. The molecule has 5 heteroatoms. The predicted octanol–water partition coefficient (Wildman–Crippen LogP) is 2.97. The van der Waals surface area contributed by atoms with E-state index in [1.807, 2.05) is 6.92 Å². The maximum absolute atomic E-state index is 11.7. The van der Waals surface area contributed by atoms with Crippen LogP contribution >= 0.6 is 11.3 Å². The summed E-state index contributed by atoms with van der Waals surface area (Å²) in [7, 11) is -2.80. The number of aromatic nitrogens is 1. The van der Waals surface area contributed by atoms with E-state index < -0.39 is 9.84 Å². The van der Waals surface area contributed by atoms with Crippen LogP contribution in [0.2, 0.25) is 0 Å². The average Bonchev–Trinajstić information content (AvgIpc) is 2.67. The number of hydrogen-bond donors (Lipinski definition) is 0. The summed E-state index contributed by atoms with van der Waals surface area (Å²) in [6.45, 7) is 2.01. The van der Waals surface area contributed by atoms with Gasteiger partial charge in [0.05, 0.1) is 26.7 Å². The number of thiazole rings is 1. The molecule has 0 aliphatic carbocycles. The van der Waals surface area contributed by atoms with Crippen molar-refractivity contribution in [1.29, 1.82) is 0 Å². The molecule has 1 atom stereocenters. The van der Waals surface area contributed by atoms with Crippen LogP contribution in [0.1, 0.15) is 23.4 Å². The quantitative estimate of drug-likeness (QED) is 0.855. The smallest absolute Gasteiger partial charge is 0.150 e. The van der Waals surface area contributed by atoms with E-state index in [9.17, 15) is 8.42 Å². The average molecular weight is 295 g/mol. The molecule has 0 bridgehead atoms. The van der Waals surface area contributed by atoms with E-state index in [0.29, 0.717) is 11.5 Å². The van der Waals surface area contributed by atoms with Gasteiger partial charge in [-0.15, -0.1) is 11.3 Å². The molecule has 3 nitrogen and oxygen atoms in total. The lowest BCUT2D eigenvalue weighted by Crippen LogP contribution is -2.26. The van der Waals surface area contributed by atoms with Crippen molar-refractivity contribution in [3.8, 4) is 0 Å². The molecule has 19 heavy (non-hydrogen) atoms. The predicted molar refractivity (Wildman–Crippen MR) is 79.4 cm³/mol. The van der Waals surface area contributed by atoms with Crippen molar-refractivity contribution in [3.63, 3.8) is 0 Å². The molecule has 102 valence electrons. The monoisotopic (exact) mass is 295 g/mol. The third-order valence-electron chi connectivity index (χ3n) is 3.64. The largest absolute Gasteiger partial charge is 0.242 e. The zero-order chi connectivity index (χ0) is 13.5. The van der Waals surface area contributed by atoms with Crippen molar-refractivity contribution in [2.45, 2.75) is 26.2 Å². The molecule has 1 aliphatic heterocycles.